The Labute approximate surface area is 194 Å². The molecule has 0 radical (unpaired) electrons. The minimum atomic E-state index is -0.329. The maximum atomic E-state index is 13.1. The Morgan fingerprint density at radius 1 is 1.09 bits per heavy atom. The first-order chi connectivity index (χ1) is 15.8. The number of nitrogens with zero attached hydrogens (tertiary/aromatic N) is 1. The molecule has 2 N–H and O–H groups in total. The van der Waals surface area contributed by atoms with E-state index in [2.05, 4.69) is 10.6 Å². The van der Waals surface area contributed by atoms with Gasteiger partial charge in [0, 0.05) is 31.7 Å². The second kappa shape index (κ2) is 11.6. The third kappa shape index (κ3) is 7.70. The molecule has 2 aromatic carbocycles. The molecule has 1 heterocycles. The molecule has 1 atom stereocenters. The first-order valence-electron chi connectivity index (χ1n) is 11.5. The fourth-order valence-corrected chi connectivity index (χ4v) is 3.98. The molecule has 1 aliphatic rings. The molecule has 7 heteroatoms. The van der Waals surface area contributed by atoms with Crippen LogP contribution in [0.5, 0.6) is 0 Å². The van der Waals surface area contributed by atoms with Gasteiger partial charge >= 0.3 is 0 Å². The molecule has 1 unspecified atom stereocenters. The summed E-state index contributed by atoms with van der Waals surface area (Å²) >= 11 is 0. The zero-order valence-electron chi connectivity index (χ0n) is 19.3. The molecule has 0 spiro atoms. The summed E-state index contributed by atoms with van der Waals surface area (Å²) in [4.78, 5) is 39.1. The van der Waals surface area contributed by atoms with Crippen LogP contribution in [-0.4, -0.2) is 35.7 Å². The molecule has 1 aliphatic heterocycles. The number of carbonyl (C=O) groups is 3. The first kappa shape index (κ1) is 24.4. The molecule has 176 valence electrons. The molecular weight excluding hydrogens is 421 g/mol. The van der Waals surface area contributed by atoms with Crippen molar-refractivity contribution < 1.29 is 18.8 Å². The molecule has 6 nitrogen and oxygen atoms in total. The Morgan fingerprint density at radius 3 is 2.58 bits per heavy atom. The lowest BCUT2D eigenvalue weighted by atomic mass is 9.96. The lowest BCUT2D eigenvalue weighted by molar-refractivity contribution is -0.135. The summed E-state index contributed by atoms with van der Waals surface area (Å²) in [6, 6.07) is 13.4. The average molecular weight is 454 g/mol. The van der Waals surface area contributed by atoms with Gasteiger partial charge in [0.05, 0.1) is 12.3 Å². The summed E-state index contributed by atoms with van der Waals surface area (Å²) in [5, 5.41) is 5.85. The maximum absolute atomic E-state index is 13.1. The molecule has 3 rings (SSSR count). The van der Waals surface area contributed by atoms with Gasteiger partial charge in [-0.25, -0.2) is 4.39 Å². The lowest BCUT2D eigenvalue weighted by Gasteiger charge is -2.32. The molecule has 0 aromatic heterocycles. The molecule has 3 amide bonds. The van der Waals surface area contributed by atoms with Crippen LogP contribution in [0.3, 0.4) is 0 Å². The summed E-state index contributed by atoms with van der Waals surface area (Å²) in [6.45, 7) is 5.36. The van der Waals surface area contributed by atoms with Crippen LogP contribution in [0.2, 0.25) is 0 Å². The van der Waals surface area contributed by atoms with Gasteiger partial charge in [0.1, 0.15) is 5.82 Å². The number of anilines is 1. The Kier molecular flexibility index (Phi) is 8.58. The molecule has 2 aromatic rings. The van der Waals surface area contributed by atoms with Crippen LogP contribution in [0.4, 0.5) is 10.1 Å². The van der Waals surface area contributed by atoms with Gasteiger partial charge in [-0.1, -0.05) is 38.1 Å². The zero-order chi connectivity index (χ0) is 23.8. The molecular formula is C26H32FN3O3. The fraction of sp³-hybridized carbons (Fsp3) is 0.423. The van der Waals surface area contributed by atoms with Gasteiger partial charge in [-0.2, -0.15) is 0 Å². The van der Waals surface area contributed by atoms with E-state index in [0.29, 0.717) is 31.7 Å². The van der Waals surface area contributed by atoms with Crippen molar-refractivity contribution in [1.29, 1.82) is 0 Å². The van der Waals surface area contributed by atoms with Gasteiger partial charge in [-0.05, 0) is 54.2 Å². The molecule has 0 aliphatic carbocycles. The highest BCUT2D eigenvalue weighted by atomic mass is 19.1. The van der Waals surface area contributed by atoms with Crippen molar-refractivity contribution in [3.05, 3.63) is 65.5 Å². The third-order valence-corrected chi connectivity index (χ3v) is 5.68. The van der Waals surface area contributed by atoms with Gasteiger partial charge in [-0.15, -0.1) is 0 Å². The van der Waals surface area contributed by atoms with Gasteiger partial charge in [0.25, 0.3) is 0 Å². The van der Waals surface area contributed by atoms with E-state index < -0.39 is 0 Å². The van der Waals surface area contributed by atoms with Gasteiger partial charge < -0.3 is 15.5 Å². The largest absolute Gasteiger partial charge is 0.352 e. The van der Waals surface area contributed by atoms with Crippen LogP contribution in [0.1, 0.15) is 44.2 Å². The number of carbonyl (C=O) groups excluding carboxylic acids is 3. The standard InChI is InChI=1S/C26H32FN3O3/c1-18(2)13-24(31)29-23-7-3-5-20(14-23)16-28-26(33)21-6-4-12-30(17-21)25(32)15-19-8-10-22(27)11-9-19/h3,5,7-11,14,18,21H,4,6,12-13,15-17H2,1-2H3,(H,28,33)(H,29,31). The van der Waals surface area contributed by atoms with E-state index >= 15 is 0 Å². The third-order valence-electron chi connectivity index (χ3n) is 5.68. The summed E-state index contributed by atoms with van der Waals surface area (Å²) in [6.07, 6.45) is 2.16. The fourth-order valence-electron chi connectivity index (χ4n) is 3.98. The number of nitrogens with one attached hydrogen (secondary N) is 2. The van der Waals surface area contributed by atoms with E-state index in [0.717, 1.165) is 24.0 Å². The summed E-state index contributed by atoms with van der Waals surface area (Å²) in [5.74, 6) is -0.467. The zero-order valence-corrected chi connectivity index (χ0v) is 19.3. The van der Waals surface area contributed by atoms with Crippen molar-refractivity contribution in [2.45, 2.75) is 46.1 Å². The Hall–Kier alpha value is -3.22. The van der Waals surface area contributed by atoms with E-state index in [4.69, 9.17) is 0 Å². The number of rotatable bonds is 8. The highest BCUT2D eigenvalue weighted by Gasteiger charge is 2.28. The average Bonchev–Trinajstić information content (AvgIpc) is 2.78. The highest BCUT2D eigenvalue weighted by Crippen LogP contribution is 2.19. The second-order valence-corrected chi connectivity index (χ2v) is 9.05. The van der Waals surface area contributed by atoms with Gasteiger partial charge in [-0.3, -0.25) is 14.4 Å². The van der Waals surface area contributed by atoms with Crippen LogP contribution in [0.15, 0.2) is 48.5 Å². The van der Waals surface area contributed by atoms with Crippen LogP contribution in [0, 0.1) is 17.7 Å². The number of hydrogen-bond donors (Lipinski definition) is 2. The second-order valence-electron chi connectivity index (χ2n) is 9.05. The molecule has 1 fully saturated rings. The van der Waals surface area contributed by atoms with Crippen LogP contribution < -0.4 is 10.6 Å². The topological polar surface area (TPSA) is 78.5 Å². The van der Waals surface area contributed by atoms with Gasteiger partial charge in [0.2, 0.25) is 17.7 Å². The number of halogens is 1. The SMILES string of the molecule is CC(C)CC(=O)Nc1cccc(CNC(=O)C2CCCN(C(=O)Cc3ccc(F)cc3)C2)c1. The number of benzene rings is 2. The van der Waals surface area contributed by atoms with Gasteiger partial charge in [0.15, 0.2) is 0 Å². The number of piperidine rings is 1. The van der Waals surface area contributed by atoms with Crippen molar-refractivity contribution in [3.63, 3.8) is 0 Å². The molecule has 1 saturated heterocycles. The summed E-state index contributed by atoms with van der Waals surface area (Å²) in [7, 11) is 0. The smallest absolute Gasteiger partial charge is 0.227 e. The van der Waals surface area contributed by atoms with Crippen molar-refractivity contribution in [1.82, 2.24) is 10.2 Å². The maximum Gasteiger partial charge on any atom is 0.227 e. The van der Waals surface area contributed by atoms with Crippen molar-refractivity contribution in [2.24, 2.45) is 11.8 Å². The van der Waals surface area contributed by atoms with E-state index in [1.807, 2.05) is 38.1 Å². The normalized spacial score (nSPS) is 15.9. The van der Waals surface area contributed by atoms with E-state index in [9.17, 15) is 18.8 Å². The minimum absolute atomic E-state index is 0.0289. The van der Waals surface area contributed by atoms with Crippen molar-refractivity contribution >= 4 is 23.4 Å². The number of hydrogen-bond acceptors (Lipinski definition) is 3. The Morgan fingerprint density at radius 2 is 1.85 bits per heavy atom. The predicted molar refractivity (Wildman–Crippen MR) is 126 cm³/mol. The molecule has 0 saturated carbocycles. The number of likely N-dealkylation sites (tertiary alicyclic amines) is 1. The van der Waals surface area contributed by atoms with Crippen molar-refractivity contribution in [2.75, 3.05) is 18.4 Å². The van der Waals surface area contributed by atoms with E-state index in [-0.39, 0.29) is 41.8 Å². The highest BCUT2D eigenvalue weighted by molar-refractivity contribution is 5.90. The number of amides is 3. The Bertz CT molecular complexity index is 975. The monoisotopic (exact) mass is 453 g/mol. The van der Waals surface area contributed by atoms with Crippen molar-refractivity contribution in [3.8, 4) is 0 Å². The molecule has 0 bridgehead atoms. The van der Waals surface area contributed by atoms with E-state index in [1.54, 1.807) is 17.0 Å². The summed E-state index contributed by atoms with van der Waals surface area (Å²) in [5.41, 5.74) is 2.36. The quantitative estimate of drug-likeness (QED) is 0.636. The first-order valence-corrected chi connectivity index (χ1v) is 11.5. The van der Waals surface area contributed by atoms with Crippen LogP contribution >= 0.6 is 0 Å². The molecule has 33 heavy (non-hydrogen) atoms. The van der Waals surface area contributed by atoms with Crippen LogP contribution in [-0.2, 0) is 27.3 Å². The lowest BCUT2D eigenvalue weighted by Crippen LogP contribution is -2.45. The van der Waals surface area contributed by atoms with E-state index in [1.165, 1.54) is 12.1 Å². The predicted octanol–water partition coefficient (Wildman–Crippen LogP) is 3.91. The Balaban J connectivity index is 1.50. The van der Waals surface area contributed by atoms with Crippen LogP contribution in [0.25, 0.3) is 0 Å². The summed E-state index contributed by atoms with van der Waals surface area (Å²) < 4.78 is 13.1. The minimum Gasteiger partial charge on any atom is -0.352 e.